The van der Waals surface area contributed by atoms with E-state index in [1.54, 1.807) is 17.5 Å². The highest BCUT2D eigenvalue weighted by molar-refractivity contribution is 7.07. The SMILES string of the molecule is CCN1C(=O)N(CCCc2cccnc2)C(=O)C12CCN(Cc1ccsc1)CC2. The van der Waals surface area contributed by atoms with Crippen LogP contribution in [0.4, 0.5) is 4.79 Å². The van der Waals surface area contributed by atoms with E-state index in [9.17, 15) is 9.59 Å². The standard InChI is InChI=1S/C22H28N4O2S/c1-2-26-21(28)25(11-4-6-18-5-3-10-23-15-18)20(27)22(26)8-12-24(13-9-22)16-19-7-14-29-17-19/h3,5,7,10,14-15,17H,2,4,6,8-9,11-13,16H2,1H3. The summed E-state index contributed by atoms with van der Waals surface area (Å²) in [6, 6.07) is 5.99. The zero-order chi connectivity index (χ0) is 20.3. The number of rotatable bonds is 7. The molecule has 29 heavy (non-hydrogen) atoms. The van der Waals surface area contributed by atoms with Crippen molar-refractivity contribution in [3.8, 4) is 0 Å². The maximum absolute atomic E-state index is 13.4. The predicted molar refractivity (Wildman–Crippen MR) is 114 cm³/mol. The van der Waals surface area contributed by atoms with Crippen molar-refractivity contribution in [3.05, 3.63) is 52.5 Å². The van der Waals surface area contributed by atoms with Gasteiger partial charge in [0.1, 0.15) is 5.54 Å². The maximum Gasteiger partial charge on any atom is 0.327 e. The number of piperidine rings is 1. The summed E-state index contributed by atoms with van der Waals surface area (Å²) >= 11 is 1.71. The number of carbonyl (C=O) groups excluding carboxylic acids is 2. The Labute approximate surface area is 176 Å². The normalized spacial score (nSPS) is 19.5. The van der Waals surface area contributed by atoms with Crippen LogP contribution in [0.25, 0.3) is 0 Å². The van der Waals surface area contributed by atoms with E-state index in [1.165, 1.54) is 10.5 Å². The summed E-state index contributed by atoms with van der Waals surface area (Å²) in [6.07, 6.45) is 6.62. The van der Waals surface area contributed by atoms with Crippen LogP contribution in [0.1, 0.15) is 37.3 Å². The Kier molecular flexibility index (Phi) is 5.96. The lowest BCUT2D eigenvalue weighted by molar-refractivity contribution is -0.135. The van der Waals surface area contributed by atoms with E-state index >= 15 is 0 Å². The van der Waals surface area contributed by atoms with Crippen molar-refractivity contribution >= 4 is 23.3 Å². The van der Waals surface area contributed by atoms with Gasteiger partial charge < -0.3 is 4.90 Å². The molecule has 2 aliphatic heterocycles. The molecule has 0 aliphatic carbocycles. The topological polar surface area (TPSA) is 56.8 Å². The first kappa shape index (κ1) is 20.0. The maximum atomic E-state index is 13.4. The average Bonchev–Trinajstić information content (AvgIpc) is 3.32. The lowest BCUT2D eigenvalue weighted by Crippen LogP contribution is -2.56. The number of aryl methyl sites for hydroxylation is 1. The van der Waals surface area contributed by atoms with Crippen molar-refractivity contribution in [2.24, 2.45) is 0 Å². The molecule has 2 fully saturated rings. The van der Waals surface area contributed by atoms with Crippen molar-refractivity contribution in [3.63, 3.8) is 0 Å². The molecule has 0 atom stereocenters. The van der Waals surface area contributed by atoms with Gasteiger partial charge in [-0.05, 0) is 66.6 Å². The van der Waals surface area contributed by atoms with E-state index in [2.05, 4.69) is 26.7 Å². The van der Waals surface area contributed by atoms with Crippen LogP contribution in [-0.2, 0) is 17.8 Å². The average molecular weight is 413 g/mol. The molecule has 1 spiro atoms. The minimum Gasteiger partial charge on any atom is -0.310 e. The van der Waals surface area contributed by atoms with E-state index in [0.29, 0.717) is 25.9 Å². The van der Waals surface area contributed by atoms with Gasteiger partial charge in [-0.3, -0.25) is 19.6 Å². The Balaban J connectivity index is 1.39. The van der Waals surface area contributed by atoms with Crippen LogP contribution in [0, 0.1) is 0 Å². The highest BCUT2D eigenvalue weighted by atomic mass is 32.1. The number of aromatic nitrogens is 1. The summed E-state index contributed by atoms with van der Waals surface area (Å²) in [4.78, 5) is 36.2. The monoisotopic (exact) mass is 412 g/mol. The number of imide groups is 1. The summed E-state index contributed by atoms with van der Waals surface area (Å²) in [6.45, 7) is 5.63. The molecule has 0 aromatic carbocycles. The van der Waals surface area contributed by atoms with Crippen molar-refractivity contribution in [2.75, 3.05) is 26.2 Å². The summed E-state index contributed by atoms with van der Waals surface area (Å²) in [5, 5.41) is 4.28. The number of likely N-dealkylation sites (tertiary alicyclic amines) is 1. The Morgan fingerprint density at radius 2 is 2.00 bits per heavy atom. The number of nitrogens with zero attached hydrogens (tertiary/aromatic N) is 4. The number of urea groups is 1. The van der Waals surface area contributed by atoms with Gasteiger partial charge in [0.25, 0.3) is 5.91 Å². The summed E-state index contributed by atoms with van der Waals surface area (Å²) in [5.74, 6) is 0.00530. The largest absolute Gasteiger partial charge is 0.327 e. The second-order valence-corrected chi connectivity index (χ2v) is 8.67. The Bertz CT molecular complexity index is 832. The molecule has 0 saturated carbocycles. The quantitative estimate of drug-likeness (QED) is 0.654. The summed E-state index contributed by atoms with van der Waals surface area (Å²) in [5.41, 5.74) is 1.81. The second kappa shape index (κ2) is 8.63. The first-order valence-corrected chi connectivity index (χ1v) is 11.3. The molecule has 6 nitrogen and oxygen atoms in total. The van der Waals surface area contributed by atoms with Crippen LogP contribution in [0.15, 0.2) is 41.4 Å². The molecule has 3 amide bonds. The number of amides is 3. The highest BCUT2D eigenvalue weighted by Crippen LogP contribution is 2.37. The van der Waals surface area contributed by atoms with Crippen molar-refractivity contribution in [1.82, 2.24) is 19.7 Å². The zero-order valence-corrected chi connectivity index (χ0v) is 17.7. The second-order valence-electron chi connectivity index (χ2n) is 7.89. The lowest BCUT2D eigenvalue weighted by atomic mass is 9.85. The third-order valence-electron chi connectivity index (χ3n) is 6.18. The van der Waals surface area contributed by atoms with Gasteiger partial charge >= 0.3 is 6.03 Å². The number of likely N-dealkylation sites (N-methyl/N-ethyl adjacent to an activating group) is 1. The Morgan fingerprint density at radius 3 is 2.66 bits per heavy atom. The fourth-order valence-electron chi connectivity index (χ4n) is 4.61. The number of thiophene rings is 1. The van der Waals surface area contributed by atoms with Crippen LogP contribution in [0.3, 0.4) is 0 Å². The van der Waals surface area contributed by atoms with E-state index < -0.39 is 5.54 Å². The molecule has 2 saturated heterocycles. The lowest BCUT2D eigenvalue weighted by Gasteiger charge is -2.41. The molecule has 0 radical (unpaired) electrons. The molecule has 2 aliphatic rings. The number of pyridine rings is 1. The van der Waals surface area contributed by atoms with Crippen molar-refractivity contribution in [2.45, 2.75) is 44.7 Å². The zero-order valence-electron chi connectivity index (χ0n) is 16.9. The Hall–Kier alpha value is -2.25. The fourth-order valence-corrected chi connectivity index (χ4v) is 5.27. The van der Waals surface area contributed by atoms with Gasteiger partial charge in [-0.15, -0.1) is 0 Å². The van der Waals surface area contributed by atoms with E-state index in [4.69, 9.17) is 0 Å². The van der Waals surface area contributed by atoms with Gasteiger partial charge in [-0.2, -0.15) is 11.3 Å². The minimum atomic E-state index is -0.648. The van der Waals surface area contributed by atoms with Crippen LogP contribution in [0.2, 0.25) is 0 Å². The van der Waals surface area contributed by atoms with E-state index in [0.717, 1.165) is 38.0 Å². The van der Waals surface area contributed by atoms with Gasteiger partial charge in [-0.1, -0.05) is 6.07 Å². The minimum absolute atomic E-state index is 0.00530. The van der Waals surface area contributed by atoms with Crippen LogP contribution < -0.4 is 0 Å². The molecular weight excluding hydrogens is 384 g/mol. The molecule has 2 aromatic heterocycles. The third kappa shape index (κ3) is 3.94. The fraction of sp³-hybridized carbons (Fsp3) is 0.500. The molecule has 154 valence electrons. The number of hydrogen-bond donors (Lipinski definition) is 0. The van der Waals surface area contributed by atoms with Crippen molar-refractivity contribution < 1.29 is 9.59 Å². The van der Waals surface area contributed by atoms with Crippen LogP contribution in [0.5, 0.6) is 0 Å². The van der Waals surface area contributed by atoms with Gasteiger partial charge in [0.15, 0.2) is 0 Å². The first-order chi connectivity index (χ1) is 14.1. The van der Waals surface area contributed by atoms with E-state index in [1.807, 2.05) is 30.2 Å². The molecule has 2 aromatic rings. The summed E-state index contributed by atoms with van der Waals surface area (Å²) < 4.78 is 0. The molecule has 4 rings (SSSR count). The van der Waals surface area contributed by atoms with Crippen molar-refractivity contribution in [1.29, 1.82) is 0 Å². The molecule has 0 unspecified atom stereocenters. The first-order valence-electron chi connectivity index (χ1n) is 10.4. The highest BCUT2D eigenvalue weighted by Gasteiger charge is 2.57. The van der Waals surface area contributed by atoms with E-state index in [-0.39, 0.29) is 11.9 Å². The predicted octanol–water partition coefficient (Wildman–Crippen LogP) is 3.39. The van der Waals surface area contributed by atoms with Gasteiger partial charge in [0.2, 0.25) is 0 Å². The summed E-state index contributed by atoms with van der Waals surface area (Å²) in [7, 11) is 0. The molecule has 0 N–H and O–H groups in total. The van der Waals surface area contributed by atoms with Gasteiger partial charge in [-0.25, -0.2) is 4.79 Å². The van der Waals surface area contributed by atoms with Crippen LogP contribution >= 0.6 is 11.3 Å². The Morgan fingerprint density at radius 1 is 1.17 bits per heavy atom. The van der Waals surface area contributed by atoms with Crippen LogP contribution in [-0.4, -0.2) is 63.3 Å². The molecule has 4 heterocycles. The molecule has 7 heteroatoms. The molecular formula is C22H28N4O2S. The smallest absolute Gasteiger partial charge is 0.310 e. The number of hydrogen-bond acceptors (Lipinski definition) is 5. The van der Waals surface area contributed by atoms with Gasteiger partial charge in [0.05, 0.1) is 0 Å². The number of carbonyl (C=O) groups is 2. The third-order valence-corrected chi connectivity index (χ3v) is 6.91. The van der Waals surface area contributed by atoms with Gasteiger partial charge in [0, 0.05) is 45.1 Å². The molecule has 0 bridgehead atoms.